The molecule has 0 atom stereocenters. The monoisotopic (exact) mass is 490 g/mol. The van der Waals surface area contributed by atoms with Crippen molar-refractivity contribution < 1.29 is 4.92 Å². The molecule has 0 aliphatic heterocycles. The summed E-state index contributed by atoms with van der Waals surface area (Å²) in [6, 6.07) is 45.1. The van der Waals surface area contributed by atoms with Crippen LogP contribution in [0.25, 0.3) is 43.1 Å². The first-order valence-corrected chi connectivity index (χ1v) is 12.5. The molecule has 7 rings (SSSR count). The van der Waals surface area contributed by atoms with Crippen LogP contribution in [0.15, 0.2) is 133 Å². The summed E-state index contributed by atoms with van der Waals surface area (Å²) in [4.78, 5) is 13.3. The molecule has 7 aromatic carbocycles. The average Bonchev–Trinajstić information content (AvgIpc) is 2.96. The second-order valence-corrected chi connectivity index (χ2v) is 9.51. The van der Waals surface area contributed by atoms with E-state index >= 15 is 0 Å². The fraction of sp³-hybridized carbons (Fsp3) is 0. The third-order valence-corrected chi connectivity index (χ3v) is 7.23. The first kappa shape index (κ1) is 22.0. The molecule has 0 heterocycles. The second kappa shape index (κ2) is 8.71. The second-order valence-electron chi connectivity index (χ2n) is 9.51. The molecule has 0 amide bonds. The summed E-state index contributed by atoms with van der Waals surface area (Å²) in [5.74, 6) is 0. The first-order valence-electron chi connectivity index (χ1n) is 12.5. The van der Waals surface area contributed by atoms with Gasteiger partial charge < -0.3 is 4.90 Å². The quantitative estimate of drug-likeness (QED) is 0.140. The number of anilines is 3. The number of nitrogens with zero attached hydrogens (tertiary/aromatic N) is 2. The van der Waals surface area contributed by atoms with E-state index in [1.807, 2.05) is 12.1 Å². The maximum Gasteiger partial charge on any atom is 0.269 e. The minimum atomic E-state index is -0.359. The van der Waals surface area contributed by atoms with E-state index in [0.717, 1.165) is 44.0 Å². The molecule has 0 radical (unpaired) electrons. The zero-order valence-corrected chi connectivity index (χ0v) is 20.4. The van der Waals surface area contributed by atoms with Crippen molar-refractivity contribution in [2.75, 3.05) is 4.90 Å². The van der Waals surface area contributed by atoms with Crippen LogP contribution in [0, 0.1) is 10.1 Å². The summed E-state index contributed by atoms with van der Waals surface area (Å²) >= 11 is 0. The largest absolute Gasteiger partial charge is 0.309 e. The van der Waals surface area contributed by atoms with Gasteiger partial charge in [-0.2, -0.15) is 0 Å². The molecule has 180 valence electrons. The van der Waals surface area contributed by atoms with Gasteiger partial charge in [0.15, 0.2) is 0 Å². The standard InChI is InChI=1S/C34H22N2O2/c37-36(38)30-17-15-29(16-18-30)35(31-14-13-25-19-23-7-1-2-8-24(23)20-28(25)22-31)34-32-11-5-3-9-26(32)21-27-10-4-6-12-33(27)34/h1-22H. The molecule has 0 saturated heterocycles. The number of nitro benzene ring substituents is 1. The Labute approximate surface area is 219 Å². The Balaban J connectivity index is 1.55. The van der Waals surface area contributed by atoms with Gasteiger partial charge in [0.05, 0.1) is 10.6 Å². The molecule has 0 saturated carbocycles. The highest BCUT2D eigenvalue weighted by atomic mass is 16.6. The summed E-state index contributed by atoms with van der Waals surface area (Å²) in [5.41, 5.74) is 2.97. The lowest BCUT2D eigenvalue weighted by Crippen LogP contribution is -2.11. The van der Waals surface area contributed by atoms with Crippen LogP contribution in [0.2, 0.25) is 0 Å². The summed E-state index contributed by atoms with van der Waals surface area (Å²) in [6.07, 6.45) is 0. The molecule has 0 aromatic heterocycles. The van der Waals surface area contributed by atoms with Gasteiger partial charge in [-0.15, -0.1) is 0 Å². The van der Waals surface area contributed by atoms with Gasteiger partial charge in [-0.25, -0.2) is 0 Å². The van der Waals surface area contributed by atoms with Crippen LogP contribution < -0.4 is 4.90 Å². The Hall–Kier alpha value is -5.22. The average molecular weight is 491 g/mol. The number of benzene rings is 7. The molecule has 38 heavy (non-hydrogen) atoms. The zero-order chi connectivity index (χ0) is 25.6. The normalized spacial score (nSPS) is 11.4. The molecule has 7 aromatic rings. The van der Waals surface area contributed by atoms with Crippen LogP contribution in [-0.2, 0) is 0 Å². The summed E-state index contributed by atoms with van der Waals surface area (Å²) in [5, 5.41) is 20.6. The van der Waals surface area contributed by atoms with Crippen molar-refractivity contribution in [2.45, 2.75) is 0 Å². The fourth-order valence-electron chi connectivity index (χ4n) is 5.43. The first-order chi connectivity index (χ1) is 18.7. The Morgan fingerprint density at radius 1 is 0.474 bits per heavy atom. The fourth-order valence-corrected chi connectivity index (χ4v) is 5.43. The van der Waals surface area contributed by atoms with E-state index in [4.69, 9.17) is 0 Å². The van der Waals surface area contributed by atoms with Crippen molar-refractivity contribution in [1.29, 1.82) is 0 Å². The minimum Gasteiger partial charge on any atom is -0.309 e. The molecular weight excluding hydrogens is 468 g/mol. The SMILES string of the molecule is O=[N+]([O-])c1ccc(N(c2ccc3cc4ccccc4cc3c2)c2c3ccccc3cc3ccccc23)cc1. The van der Waals surface area contributed by atoms with Crippen LogP contribution in [-0.4, -0.2) is 4.92 Å². The van der Waals surface area contributed by atoms with E-state index < -0.39 is 0 Å². The molecule has 4 heteroatoms. The van der Waals surface area contributed by atoms with E-state index in [9.17, 15) is 10.1 Å². The molecule has 4 nitrogen and oxygen atoms in total. The smallest absolute Gasteiger partial charge is 0.269 e. The van der Waals surface area contributed by atoms with E-state index in [1.54, 1.807) is 12.1 Å². The Kier molecular flexibility index (Phi) is 5.05. The van der Waals surface area contributed by atoms with Gasteiger partial charge in [-0.1, -0.05) is 78.9 Å². The Morgan fingerprint density at radius 3 is 1.55 bits per heavy atom. The minimum absolute atomic E-state index is 0.0708. The van der Waals surface area contributed by atoms with Gasteiger partial charge in [0.25, 0.3) is 5.69 Å². The van der Waals surface area contributed by atoms with E-state index in [-0.39, 0.29) is 10.6 Å². The Morgan fingerprint density at radius 2 is 0.947 bits per heavy atom. The van der Waals surface area contributed by atoms with Crippen molar-refractivity contribution in [1.82, 2.24) is 0 Å². The third-order valence-electron chi connectivity index (χ3n) is 7.23. The van der Waals surface area contributed by atoms with Crippen LogP contribution in [0.3, 0.4) is 0 Å². The van der Waals surface area contributed by atoms with E-state index in [0.29, 0.717) is 0 Å². The number of hydrogen-bond acceptors (Lipinski definition) is 3. The number of fused-ring (bicyclic) bond motifs is 4. The van der Waals surface area contributed by atoms with Gasteiger partial charge in [0, 0.05) is 34.3 Å². The molecular formula is C34H22N2O2. The maximum absolute atomic E-state index is 11.4. The summed E-state index contributed by atoms with van der Waals surface area (Å²) in [7, 11) is 0. The van der Waals surface area contributed by atoms with Crippen molar-refractivity contribution in [3.63, 3.8) is 0 Å². The van der Waals surface area contributed by atoms with Crippen molar-refractivity contribution >= 4 is 65.8 Å². The number of nitro groups is 1. The van der Waals surface area contributed by atoms with Gasteiger partial charge in [-0.05, 0) is 74.8 Å². The molecule has 0 bridgehead atoms. The van der Waals surface area contributed by atoms with Crippen LogP contribution in [0.4, 0.5) is 22.7 Å². The molecule has 0 unspecified atom stereocenters. The summed E-state index contributed by atoms with van der Waals surface area (Å²) in [6.45, 7) is 0. The predicted octanol–water partition coefficient (Wildman–Crippen LogP) is 9.68. The molecule has 0 aliphatic carbocycles. The van der Waals surface area contributed by atoms with Gasteiger partial charge >= 0.3 is 0 Å². The Bertz CT molecular complexity index is 1960. The maximum atomic E-state index is 11.4. The number of non-ortho nitro benzene ring substituents is 1. The van der Waals surface area contributed by atoms with E-state index in [1.165, 1.54) is 16.2 Å². The van der Waals surface area contributed by atoms with Gasteiger partial charge in [0.2, 0.25) is 0 Å². The molecule has 0 spiro atoms. The third kappa shape index (κ3) is 3.62. The molecule has 0 fully saturated rings. The van der Waals surface area contributed by atoms with Crippen molar-refractivity contribution in [3.8, 4) is 0 Å². The van der Waals surface area contributed by atoms with E-state index in [2.05, 4.69) is 114 Å². The highest BCUT2D eigenvalue weighted by Crippen LogP contribution is 2.44. The van der Waals surface area contributed by atoms with Crippen molar-refractivity contribution in [2.24, 2.45) is 0 Å². The topological polar surface area (TPSA) is 46.4 Å². The van der Waals surface area contributed by atoms with Gasteiger partial charge in [0.1, 0.15) is 0 Å². The molecule has 0 aliphatic rings. The van der Waals surface area contributed by atoms with Gasteiger partial charge in [-0.3, -0.25) is 10.1 Å². The zero-order valence-electron chi connectivity index (χ0n) is 20.4. The van der Waals surface area contributed by atoms with Crippen LogP contribution >= 0.6 is 0 Å². The predicted molar refractivity (Wildman–Crippen MR) is 158 cm³/mol. The lowest BCUT2D eigenvalue weighted by atomic mass is 9.98. The number of hydrogen-bond donors (Lipinski definition) is 0. The highest BCUT2D eigenvalue weighted by Gasteiger charge is 2.20. The lowest BCUT2D eigenvalue weighted by Gasteiger charge is -2.28. The highest BCUT2D eigenvalue weighted by molar-refractivity contribution is 6.14. The molecule has 0 N–H and O–H groups in total. The number of rotatable bonds is 4. The van der Waals surface area contributed by atoms with Crippen LogP contribution in [0.1, 0.15) is 0 Å². The summed E-state index contributed by atoms with van der Waals surface area (Å²) < 4.78 is 0. The lowest BCUT2D eigenvalue weighted by molar-refractivity contribution is -0.384. The van der Waals surface area contributed by atoms with Crippen LogP contribution in [0.5, 0.6) is 0 Å². The van der Waals surface area contributed by atoms with Crippen molar-refractivity contribution in [3.05, 3.63) is 144 Å².